The molecule has 0 atom stereocenters. The lowest BCUT2D eigenvalue weighted by Crippen LogP contribution is -3.00. The normalized spacial score (nSPS) is 10.5. The van der Waals surface area contributed by atoms with Crippen molar-refractivity contribution in [1.29, 1.82) is 0 Å². The van der Waals surface area contributed by atoms with Gasteiger partial charge in [-0.1, -0.05) is 41.9 Å². The van der Waals surface area contributed by atoms with Crippen molar-refractivity contribution in [1.82, 2.24) is 9.97 Å². The summed E-state index contributed by atoms with van der Waals surface area (Å²) < 4.78 is 5.80. The van der Waals surface area contributed by atoms with Crippen LogP contribution < -0.4 is 28.2 Å². The van der Waals surface area contributed by atoms with E-state index in [1.165, 1.54) is 0 Å². The van der Waals surface area contributed by atoms with E-state index in [0.29, 0.717) is 18.2 Å². The van der Waals surface area contributed by atoms with Gasteiger partial charge < -0.3 is 32.4 Å². The van der Waals surface area contributed by atoms with Gasteiger partial charge in [0.1, 0.15) is 12.4 Å². The Hall–Kier alpha value is -2.89. The number of imidazole rings is 1. The van der Waals surface area contributed by atoms with Crippen LogP contribution in [-0.2, 0) is 13.2 Å². The molecular weight excluding hydrogens is 397 g/mol. The van der Waals surface area contributed by atoms with Gasteiger partial charge in [0.25, 0.3) is 0 Å². The highest BCUT2D eigenvalue weighted by molar-refractivity contribution is 6.31. The minimum atomic E-state index is -0.200. The first-order chi connectivity index (χ1) is 13.2. The Bertz CT molecular complexity index is 1120. The second-order valence-corrected chi connectivity index (χ2v) is 6.62. The zero-order valence-electron chi connectivity index (χ0n) is 14.8. The first-order valence-corrected chi connectivity index (χ1v) is 8.96. The van der Waals surface area contributed by atoms with Crippen LogP contribution in [0, 0.1) is 0 Å². The number of H-pyrrole nitrogens is 2. The van der Waals surface area contributed by atoms with E-state index < -0.39 is 0 Å². The largest absolute Gasteiger partial charge is 1.00 e. The summed E-state index contributed by atoms with van der Waals surface area (Å²) in [6, 6.07) is 21.3. The summed E-state index contributed by atoms with van der Waals surface area (Å²) in [5, 5.41) is 4.06. The van der Waals surface area contributed by atoms with E-state index in [-0.39, 0.29) is 18.1 Å². The van der Waals surface area contributed by atoms with Crippen molar-refractivity contribution in [2.75, 3.05) is 5.32 Å². The second-order valence-electron chi connectivity index (χ2n) is 6.22. The Morgan fingerprint density at radius 3 is 2.46 bits per heavy atom. The summed E-state index contributed by atoms with van der Waals surface area (Å²) in [6.07, 6.45) is 0. The predicted molar refractivity (Wildman–Crippen MR) is 108 cm³/mol. The molecule has 4 rings (SSSR count). The van der Waals surface area contributed by atoms with Gasteiger partial charge in [-0.05, 0) is 42.0 Å². The number of nitrogens with one attached hydrogen (secondary N) is 3. The van der Waals surface area contributed by atoms with E-state index in [1.54, 1.807) is 0 Å². The summed E-state index contributed by atoms with van der Waals surface area (Å²) >= 11 is 6.14. The molecule has 0 aliphatic heterocycles. The summed E-state index contributed by atoms with van der Waals surface area (Å²) in [5.41, 5.74) is 4.41. The van der Waals surface area contributed by atoms with Crippen LogP contribution >= 0.6 is 11.6 Å². The first-order valence-electron chi connectivity index (χ1n) is 8.58. The molecule has 0 fully saturated rings. The molecule has 0 aliphatic carbocycles. The lowest BCUT2D eigenvalue weighted by molar-refractivity contribution is -0.00000581. The van der Waals surface area contributed by atoms with Crippen LogP contribution in [0.2, 0.25) is 5.02 Å². The third-order valence-electron chi connectivity index (χ3n) is 4.29. The highest BCUT2D eigenvalue weighted by Gasteiger charge is 2.02. The third-order valence-corrected chi connectivity index (χ3v) is 4.66. The molecule has 0 amide bonds. The van der Waals surface area contributed by atoms with Gasteiger partial charge in [-0.25, -0.2) is 4.79 Å². The number of hydrogen-bond acceptors (Lipinski definition) is 3. The van der Waals surface area contributed by atoms with Gasteiger partial charge in [0, 0.05) is 22.8 Å². The van der Waals surface area contributed by atoms with Crippen molar-refractivity contribution in [2.24, 2.45) is 0 Å². The molecule has 144 valence electrons. The van der Waals surface area contributed by atoms with Crippen LogP contribution in [0.5, 0.6) is 5.75 Å². The predicted octanol–water partition coefficient (Wildman–Crippen LogP) is 1.70. The lowest BCUT2D eigenvalue weighted by atomic mass is 10.2. The molecule has 3 N–H and O–H groups in total. The Labute approximate surface area is 173 Å². The number of halogens is 2. The number of fused-ring (bicyclic) bond motifs is 1. The fraction of sp³-hybridized carbons (Fsp3) is 0.0952. The van der Waals surface area contributed by atoms with Gasteiger partial charge >= 0.3 is 5.69 Å². The maximum atomic E-state index is 11.3. The summed E-state index contributed by atoms with van der Waals surface area (Å²) in [5.74, 6) is 0.796. The molecule has 7 heteroatoms. The second kappa shape index (κ2) is 8.87. The van der Waals surface area contributed by atoms with Crippen molar-refractivity contribution >= 4 is 28.3 Å². The number of benzene rings is 3. The lowest BCUT2D eigenvalue weighted by Gasteiger charge is -2.10. The summed E-state index contributed by atoms with van der Waals surface area (Å²) in [7, 11) is 0. The molecule has 1 aromatic heterocycles. The highest BCUT2D eigenvalue weighted by Crippen LogP contribution is 2.20. The third kappa shape index (κ3) is 4.68. The van der Waals surface area contributed by atoms with Crippen LogP contribution in [0.3, 0.4) is 0 Å². The van der Waals surface area contributed by atoms with Crippen LogP contribution in [0.25, 0.3) is 11.0 Å². The molecule has 0 radical (unpaired) electrons. The first kappa shape index (κ1) is 19.9. The van der Waals surface area contributed by atoms with E-state index in [0.717, 1.165) is 33.6 Å². The standard InChI is InChI=1S/C21H18ClN3O2.ClH/c22-18-4-2-1-3-15(18)13-27-17-8-5-14(6-9-17)12-23-16-7-10-19-20(11-16)25-21(26)24-19;/h1-11,23H,12-13H2,(H2,24,25,26);1H/p-1. The molecule has 0 aliphatic rings. The highest BCUT2D eigenvalue weighted by atomic mass is 35.5. The molecule has 3 aromatic carbocycles. The molecular formula is C21H18Cl2N3O2-. The topological polar surface area (TPSA) is 69.9 Å². The van der Waals surface area contributed by atoms with E-state index >= 15 is 0 Å². The maximum absolute atomic E-state index is 11.3. The maximum Gasteiger partial charge on any atom is 0.323 e. The van der Waals surface area contributed by atoms with Gasteiger partial charge in [-0.15, -0.1) is 0 Å². The molecule has 0 unspecified atom stereocenters. The Balaban J connectivity index is 0.00000225. The number of aromatic amines is 2. The van der Waals surface area contributed by atoms with E-state index in [1.807, 2.05) is 66.7 Å². The van der Waals surface area contributed by atoms with Gasteiger partial charge in [0.15, 0.2) is 0 Å². The number of ether oxygens (including phenoxy) is 1. The number of rotatable bonds is 6. The van der Waals surface area contributed by atoms with Gasteiger partial charge in [0.2, 0.25) is 0 Å². The number of anilines is 1. The molecule has 4 aromatic rings. The van der Waals surface area contributed by atoms with E-state index in [4.69, 9.17) is 16.3 Å². The van der Waals surface area contributed by atoms with Crippen LogP contribution in [0.1, 0.15) is 11.1 Å². The van der Waals surface area contributed by atoms with Gasteiger partial charge in [0.05, 0.1) is 11.0 Å². The average Bonchev–Trinajstić information content (AvgIpc) is 3.06. The number of hydrogen-bond donors (Lipinski definition) is 3. The van der Waals surface area contributed by atoms with Crippen molar-refractivity contribution in [3.8, 4) is 5.75 Å². The Morgan fingerprint density at radius 1 is 0.929 bits per heavy atom. The van der Waals surface area contributed by atoms with Crippen LogP contribution in [0.15, 0.2) is 71.5 Å². The zero-order valence-corrected chi connectivity index (χ0v) is 16.3. The Kier molecular flexibility index (Phi) is 6.29. The zero-order chi connectivity index (χ0) is 18.6. The van der Waals surface area contributed by atoms with Crippen LogP contribution in [-0.4, -0.2) is 9.97 Å². The van der Waals surface area contributed by atoms with Crippen molar-refractivity contribution in [3.63, 3.8) is 0 Å². The van der Waals surface area contributed by atoms with Crippen molar-refractivity contribution in [2.45, 2.75) is 13.2 Å². The summed E-state index contributed by atoms with van der Waals surface area (Å²) in [6.45, 7) is 1.11. The molecule has 28 heavy (non-hydrogen) atoms. The van der Waals surface area contributed by atoms with E-state index in [9.17, 15) is 4.79 Å². The Morgan fingerprint density at radius 2 is 1.68 bits per heavy atom. The van der Waals surface area contributed by atoms with Crippen LogP contribution in [0.4, 0.5) is 5.69 Å². The van der Waals surface area contributed by atoms with Gasteiger partial charge in [-0.3, -0.25) is 0 Å². The minimum Gasteiger partial charge on any atom is -1.00 e. The fourth-order valence-electron chi connectivity index (χ4n) is 2.83. The van der Waals surface area contributed by atoms with E-state index in [2.05, 4.69) is 15.3 Å². The fourth-order valence-corrected chi connectivity index (χ4v) is 3.02. The van der Waals surface area contributed by atoms with Gasteiger partial charge in [-0.2, -0.15) is 0 Å². The monoisotopic (exact) mass is 414 g/mol. The molecule has 1 heterocycles. The molecule has 0 bridgehead atoms. The summed E-state index contributed by atoms with van der Waals surface area (Å²) in [4.78, 5) is 16.8. The molecule has 5 nitrogen and oxygen atoms in total. The number of aromatic nitrogens is 2. The smallest absolute Gasteiger partial charge is 0.323 e. The average molecular weight is 415 g/mol. The van der Waals surface area contributed by atoms with Crippen molar-refractivity contribution < 1.29 is 17.1 Å². The molecule has 0 spiro atoms. The van der Waals surface area contributed by atoms with Crippen molar-refractivity contribution in [3.05, 3.63) is 93.4 Å². The molecule has 0 saturated heterocycles. The quantitative estimate of drug-likeness (QED) is 0.449. The molecule has 0 saturated carbocycles. The minimum absolute atomic E-state index is 0. The SMILES string of the molecule is O=c1[nH]c2ccc(NCc3ccc(OCc4ccccc4Cl)cc3)cc2[nH]1.[Cl-].